The van der Waals surface area contributed by atoms with Crippen molar-refractivity contribution >= 4 is 0 Å². The monoisotopic (exact) mass is 180 g/mol. The highest BCUT2D eigenvalue weighted by Crippen LogP contribution is 2.22. The first-order valence-corrected chi connectivity index (χ1v) is 4.65. The van der Waals surface area contributed by atoms with Gasteiger partial charge in [-0.3, -0.25) is 4.79 Å². The van der Waals surface area contributed by atoms with Crippen LogP contribution in [0.15, 0.2) is 21.5 Å². The van der Waals surface area contributed by atoms with Crippen LogP contribution >= 0.6 is 0 Å². The zero-order chi connectivity index (χ0) is 10.0. The van der Waals surface area contributed by atoms with E-state index in [0.717, 1.165) is 11.3 Å². The molecule has 0 spiro atoms. The van der Waals surface area contributed by atoms with Crippen LogP contribution < -0.4 is 5.43 Å². The van der Waals surface area contributed by atoms with Crippen molar-refractivity contribution in [3.05, 3.63) is 33.9 Å². The summed E-state index contributed by atoms with van der Waals surface area (Å²) in [7, 11) is 0. The van der Waals surface area contributed by atoms with Gasteiger partial charge in [0, 0.05) is 17.5 Å². The van der Waals surface area contributed by atoms with Crippen LogP contribution in [0.5, 0.6) is 0 Å². The summed E-state index contributed by atoms with van der Waals surface area (Å²) in [5.74, 6) is 1.32. The summed E-state index contributed by atoms with van der Waals surface area (Å²) in [5.41, 5.74) is 0.905. The number of hydrogen-bond donors (Lipinski definition) is 0. The first kappa shape index (κ1) is 10.0. The summed E-state index contributed by atoms with van der Waals surface area (Å²) >= 11 is 0. The zero-order valence-corrected chi connectivity index (χ0v) is 8.63. The summed E-state index contributed by atoms with van der Waals surface area (Å²) in [6.07, 6.45) is 1.48. The Morgan fingerprint density at radius 1 is 1.15 bits per heavy atom. The molecule has 0 amide bonds. The van der Waals surface area contributed by atoms with Gasteiger partial charge in [0.2, 0.25) is 0 Å². The molecule has 2 nitrogen and oxygen atoms in total. The lowest BCUT2D eigenvalue weighted by Gasteiger charge is -2.12. The molecule has 1 aromatic heterocycles. The maximum Gasteiger partial charge on any atom is 0.188 e. The van der Waals surface area contributed by atoms with Crippen molar-refractivity contribution in [2.45, 2.75) is 39.5 Å². The maximum absolute atomic E-state index is 11.5. The smallest absolute Gasteiger partial charge is 0.188 e. The fourth-order valence-corrected chi connectivity index (χ4v) is 1.46. The molecule has 13 heavy (non-hydrogen) atoms. The fourth-order valence-electron chi connectivity index (χ4n) is 1.46. The average molecular weight is 180 g/mol. The standard InChI is InChI=1S/C11H16O2/c1-7(2)10-9(12)5-6-13-11(10)8(3)4/h5-8H,1-4H3. The van der Waals surface area contributed by atoms with Crippen LogP contribution in [0.25, 0.3) is 0 Å². The summed E-state index contributed by atoms with van der Waals surface area (Å²) in [6.45, 7) is 8.09. The number of rotatable bonds is 2. The Morgan fingerprint density at radius 2 is 1.77 bits per heavy atom. The van der Waals surface area contributed by atoms with Gasteiger partial charge in [-0.25, -0.2) is 0 Å². The summed E-state index contributed by atoms with van der Waals surface area (Å²) in [6, 6.07) is 1.49. The van der Waals surface area contributed by atoms with Crippen LogP contribution in [-0.4, -0.2) is 0 Å². The minimum atomic E-state index is 0.0879. The largest absolute Gasteiger partial charge is 0.469 e. The van der Waals surface area contributed by atoms with Gasteiger partial charge in [0.15, 0.2) is 5.43 Å². The van der Waals surface area contributed by atoms with E-state index in [1.165, 1.54) is 12.3 Å². The van der Waals surface area contributed by atoms with Gasteiger partial charge >= 0.3 is 0 Å². The van der Waals surface area contributed by atoms with E-state index in [1.807, 2.05) is 27.7 Å². The van der Waals surface area contributed by atoms with Crippen molar-refractivity contribution in [2.75, 3.05) is 0 Å². The Kier molecular flexibility index (Phi) is 2.91. The first-order valence-electron chi connectivity index (χ1n) is 4.65. The molecule has 1 rings (SSSR count). The molecular formula is C11H16O2. The Morgan fingerprint density at radius 3 is 2.15 bits per heavy atom. The molecule has 0 aliphatic heterocycles. The molecule has 0 aromatic carbocycles. The average Bonchev–Trinajstić information content (AvgIpc) is 2.02. The minimum Gasteiger partial charge on any atom is -0.469 e. The Balaban J connectivity index is 3.35. The predicted octanol–water partition coefficient (Wildman–Crippen LogP) is 2.89. The number of hydrogen-bond acceptors (Lipinski definition) is 2. The Hall–Kier alpha value is -1.05. The molecule has 0 atom stereocenters. The Bertz CT molecular complexity index is 334. The predicted molar refractivity (Wildman–Crippen MR) is 53.2 cm³/mol. The fraction of sp³-hybridized carbons (Fsp3) is 0.545. The van der Waals surface area contributed by atoms with Crippen molar-refractivity contribution in [1.29, 1.82) is 0 Å². The molecule has 0 saturated heterocycles. The second-order valence-electron chi connectivity index (χ2n) is 3.87. The van der Waals surface area contributed by atoms with Gasteiger partial charge in [-0.15, -0.1) is 0 Å². The van der Waals surface area contributed by atoms with Gasteiger partial charge in [0.1, 0.15) is 5.76 Å². The molecule has 0 unspecified atom stereocenters. The van der Waals surface area contributed by atoms with E-state index in [4.69, 9.17) is 4.42 Å². The van der Waals surface area contributed by atoms with Gasteiger partial charge in [-0.2, -0.15) is 0 Å². The lowest BCUT2D eigenvalue weighted by molar-refractivity contribution is 0.455. The maximum atomic E-state index is 11.5. The molecule has 0 aliphatic carbocycles. The highest BCUT2D eigenvalue weighted by molar-refractivity contribution is 5.23. The molecule has 1 aromatic rings. The van der Waals surface area contributed by atoms with Gasteiger partial charge < -0.3 is 4.42 Å². The normalized spacial score (nSPS) is 11.2. The highest BCUT2D eigenvalue weighted by Gasteiger charge is 2.15. The Labute approximate surface area is 78.6 Å². The molecule has 2 heteroatoms. The zero-order valence-electron chi connectivity index (χ0n) is 8.63. The third kappa shape index (κ3) is 2.00. The van der Waals surface area contributed by atoms with E-state index in [-0.39, 0.29) is 17.3 Å². The van der Waals surface area contributed by atoms with E-state index in [1.54, 1.807) is 0 Å². The van der Waals surface area contributed by atoms with E-state index in [0.29, 0.717) is 0 Å². The molecule has 0 radical (unpaired) electrons. The van der Waals surface area contributed by atoms with Crippen LogP contribution in [0.2, 0.25) is 0 Å². The molecule has 0 N–H and O–H groups in total. The van der Waals surface area contributed by atoms with Gasteiger partial charge in [-0.05, 0) is 5.92 Å². The third-order valence-corrected chi connectivity index (χ3v) is 2.05. The van der Waals surface area contributed by atoms with Crippen LogP contribution in [0.1, 0.15) is 50.9 Å². The van der Waals surface area contributed by atoms with Crippen molar-refractivity contribution in [3.63, 3.8) is 0 Å². The minimum absolute atomic E-state index is 0.0879. The van der Waals surface area contributed by atoms with Gasteiger partial charge in [-0.1, -0.05) is 27.7 Å². The second kappa shape index (κ2) is 3.77. The summed E-state index contributed by atoms with van der Waals surface area (Å²) in [4.78, 5) is 11.5. The van der Waals surface area contributed by atoms with E-state index >= 15 is 0 Å². The lowest BCUT2D eigenvalue weighted by atomic mass is 9.96. The third-order valence-electron chi connectivity index (χ3n) is 2.05. The summed E-state index contributed by atoms with van der Waals surface area (Å²) < 4.78 is 5.36. The molecule has 0 bridgehead atoms. The molecule has 0 fully saturated rings. The first-order chi connectivity index (χ1) is 6.04. The second-order valence-corrected chi connectivity index (χ2v) is 3.87. The quantitative estimate of drug-likeness (QED) is 0.700. The molecule has 72 valence electrons. The summed E-state index contributed by atoms with van der Waals surface area (Å²) in [5, 5.41) is 0. The molecule has 1 heterocycles. The SMILES string of the molecule is CC(C)c1occc(=O)c1C(C)C. The van der Waals surface area contributed by atoms with Crippen LogP contribution in [0, 0.1) is 0 Å². The van der Waals surface area contributed by atoms with Crippen molar-refractivity contribution < 1.29 is 4.42 Å². The van der Waals surface area contributed by atoms with Crippen LogP contribution in [0.3, 0.4) is 0 Å². The van der Waals surface area contributed by atoms with Gasteiger partial charge in [0.25, 0.3) is 0 Å². The van der Waals surface area contributed by atoms with E-state index in [2.05, 4.69) is 0 Å². The topological polar surface area (TPSA) is 30.2 Å². The molecule has 0 aliphatic rings. The van der Waals surface area contributed by atoms with Crippen molar-refractivity contribution in [2.24, 2.45) is 0 Å². The van der Waals surface area contributed by atoms with Crippen molar-refractivity contribution in [3.8, 4) is 0 Å². The highest BCUT2D eigenvalue weighted by atomic mass is 16.3. The molecule has 0 saturated carbocycles. The van der Waals surface area contributed by atoms with Crippen LogP contribution in [0.4, 0.5) is 0 Å². The van der Waals surface area contributed by atoms with Crippen LogP contribution in [-0.2, 0) is 0 Å². The van der Waals surface area contributed by atoms with E-state index < -0.39 is 0 Å². The molecular weight excluding hydrogens is 164 g/mol. The van der Waals surface area contributed by atoms with Crippen molar-refractivity contribution in [1.82, 2.24) is 0 Å². The van der Waals surface area contributed by atoms with Gasteiger partial charge in [0.05, 0.1) is 6.26 Å². The van der Waals surface area contributed by atoms with E-state index in [9.17, 15) is 4.79 Å². The lowest BCUT2D eigenvalue weighted by Crippen LogP contribution is -2.13.